The Balaban J connectivity index is 1.96. The number of amides is 1. The highest BCUT2D eigenvalue weighted by molar-refractivity contribution is 5.79. The van der Waals surface area contributed by atoms with Crippen LogP contribution in [0.5, 0.6) is 0 Å². The van der Waals surface area contributed by atoms with Crippen LogP contribution in [0.25, 0.3) is 0 Å². The minimum absolute atomic E-state index is 0.0280. The van der Waals surface area contributed by atoms with Gasteiger partial charge in [-0.15, -0.1) is 0 Å². The first-order valence-corrected chi connectivity index (χ1v) is 7.37. The van der Waals surface area contributed by atoms with E-state index in [1.165, 1.54) is 0 Å². The Hall–Kier alpha value is -1.47. The molecule has 1 aromatic heterocycles. The van der Waals surface area contributed by atoms with Gasteiger partial charge in [-0.3, -0.25) is 4.79 Å². The van der Waals surface area contributed by atoms with Crippen molar-refractivity contribution in [2.45, 2.75) is 38.8 Å². The number of nitrogens with zero attached hydrogens (tertiary/aromatic N) is 3. The summed E-state index contributed by atoms with van der Waals surface area (Å²) >= 11 is 0. The van der Waals surface area contributed by atoms with E-state index < -0.39 is 0 Å². The van der Waals surface area contributed by atoms with Gasteiger partial charge in [0.2, 0.25) is 11.8 Å². The summed E-state index contributed by atoms with van der Waals surface area (Å²) in [5.74, 6) is 1.36. The van der Waals surface area contributed by atoms with Crippen molar-refractivity contribution in [3.8, 4) is 0 Å². The first kappa shape index (κ1) is 15.9. The average Bonchev–Trinajstić information content (AvgIpc) is 3.14. The molecule has 0 spiro atoms. The molecule has 1 heterocycles. The van der Waals surface area contributed by atoms with Gasteiger partial charge in [0.25, 0.3) is 0 Å². The maximum atomic E-state index is 12.5. The quantitative estimate of drug-likeness (QED) is 0.845. The Kier molecular flexibility index (Phi) is 5.30. The van der Waals surface area contributed by atoms with Gasteiger partial charge in [0.05, 0.1) is 6.54 Å². The summed E-state index contributed by atoms with van der Waals surface area (Å²) < 4.78 is 10.3. The third-order valence-corrected chi connectivity index (χ3v) is 4.23. The van der Waals surface area contributed by atoms with Gasteiger partial charge in [0.15, 0.2) is 5.82 Å². The molecule has 1 aliphatic carbocycles. The first-order chi connectivity index (χ1) is 10.1. The predicted octanol–water partition coefficient (Wildman–Crippen LogP) is 1.11. The fourth-order valence-electron chi connectivity index (χ4n) is 2.81. The summed E-state index contributed by atoms with van der Waals surface area (Å²) in [5, 5.41) is 3.86. The highest BCUT2D eigenvalue weighted by Gasteiger charge is 2.34. The first-order valence-electron chi connectivity index (χ1n) is 7.37. The molecule has 2 N–H and O–H groups in total. The average molecular weight is 296 g/mol. The van der Waals surface area contributed by atoms with Crippen LogP contribution in [0, 0.1) is 11.8 Å². The molecule has 2 rings (SSSR count). The fraction of sp³-hybridized carbons (Fsp3) is 0.786. The number of ether oxygens (including phenoxy) is 1. The number of methoxy groups -OCH3 is 1. The second-order valence-electron chi connectivity index (χ2n) is 5.65. The van der Waals surface area contributed by atoms with Crippen LogP contribution in [-0.2, 0) is 16.1 Å². The molecule has 0 bridgehead atoms. The van der Waals surface area contributed by atoms with Gasteiger partial charge in [-0.05, 0) is 32.2 Å². The van der Waals surface area contributed by atoms with Gasteiger partial charge in [0.1, 0.15) is 6.10 Å². The van der Waals surface area contributed by atoms with E-state index in [9.17, 15) is 4.79 Å². The molecule has 118 valence electrons. The van der Waals surface area contributed by atoms with Crippen molar-refractivity contribution in [3.05, 3.63) is 11.7 Å². The van der Waals surface area contributed by atoms with Gasteiger partial charge in [-0.2, -0.15) is 4.98 Å². The van der Waals surface area contributed by atoms with Crippen molar-refractivity contribution in [2.24, 2.45) is 17.6 Å². The zero-order chi connectivity index (χ0) is 15.4. The molecule has 1 saturated carbocycles. The van der Waals surface area contributed by atoms with E-state index in [-0.39, 0.29) is 17.9 Å². The van der Waals surface area contributed by atoms with Crippen LogP contribution in [0.3, 0.4) is 0 Å². The summed E-state index contributed by atoms with van der Waals surface area (Å²) in [6.07, 6.45) is 2.81. The number of nitrogens with two attached hydrogens (primary N) is 1. The van der Waals surface area contributed by atoms with E-state index in [2.05, 4.69) is 10.1 Å². The van der Waals surface area contributed by atoms with E-state index in [0.29, 0.717) is 30.7 Å². The predicted molar refractivity (Wildman–Crippen MR) is 76.1 cm³/mol. The number of carbonyl (C=O) groups is 1. The highest BCUT2D eigenvalue weighted by atomic mass is 16.5. The Labute approximate surface area is 124 Å². The lowest BCUT2D eigenvalue weighted by Crippen LogP contribution is -2.36. The molecular formula is C14H24N4O3. The van der Waals surface area contributed by atoms with Crippen molar-refractivity contribution in [1.29, 1.82) is 0 Å². The Morgan fingerprint density at radius 1 is 1.57 bits per heavy atom. The number of hydrogen-bond acceptors (Lipinski definition) is 6. The monoisotopic (exact) mass is 296 g/mol. The lowest BCUT2D eigenvalue weighted by molar-refractivity contribution is -0.136. The molecule has 0 radical (unpaired) electrons. The number of rotatable bonds is 6. The molecule has 1 aromatic rings. The van der Waals surface area contributed by atoms with Crippen LogP contribution in [0.15, 0.2) is 4.52 Å². The molecule has 1 unspecified atom stereocenters. The summed E-state index contributed by atoms with van der Waals surface area (Å²) in [5.41, 5.74) is 5.74. The smallest absolute Gasteiger partial charge is 0.246 e. The van der Waals surface area contributed by atoms with Crippen molar-refractivity contribution in [1.82, 2.24) is 15.0 Å². The van der Waals surface area contributed by atoms with E-state index in [1.54, 1.807) is 19.1 Å². The second-order valence-corrected chi connectivity index (χ2v) is 5.65. The zero-order valence-corrected chi connectivity index (χ0v) is 12.9. The summed E-state index contributed by atoms with van der Waals surface area (Å²) in [4.78, 5) is 18.4. The molecule has 1 aliphatic rings. The molecule has 7 nitrogen and oxygen atoms in total. The topological polar surface area (TPSA) is 94.5 Å². The molecular weight excluding hydrogens is 272 g/mol. The molecule has 21 heavy (non-hydrogen) atoms. The van der Waals surface area contributed by atoms with Crippen LogP contribution >= 0.6 is 0 Å². The van der Waals surface area contributed by atoms with Gasteiger partial charge >= 0.3 is 0 Å². The largest absolute Gasteiger partial charge is 0.374 e. The fourth-order valence-corrected chi connectivity index (χ4v) is 2.81. The minimum Gasteiger partial charge on any atom is -0.374 e. The van der Waals surface area contributed by atoms with E-state index >= 15 is 0 Å². The molecule has 0 aliphatic heterocycles. The van der Waals surface area contributed by atoms with Crippen LogP contribution in [0.1, 0.15) is 44.0 Å². The second kappa shape index (κ2) is 7.00. The standard InChI is InChI=1S/C14H24N4O3/c1-9(20-3)13-16-12(21-17-13)8-18(2)14(19)11-6-4-5-10(11)7-15/h9-11H,4-8,15H2,1-3H3/t9?,10-,11-/m1/s1. The summed E-state index contributed by atoms with van der Waals surface area (Å²) in [6.45, 7) is 2.73. The van der Waals surface area contributed by atoms with Crippen molar-refractivity contribution in [3.63, 3.8) is 0 Å². The Bertz CT molecular complexity index is 477. The van der Waals surface area contributed by atoms with Crippen LogP contribution in [0.4, 0.5) is 0 Å². The third kappa shape index (κ3) is 3.59. The highest BCUT2D eigenvalue weighted by Crippen LogP contribution is 2.32. The molecule has 3 atom stereocenters. The minimum atomic E-state index is -0.222. The molecule has 0 aromatic carbocycles. The van der Waals surface area contributed by atoms with Gasteiger partial charge in [-0.25, -0.2) is 0 Å². The van der Waals surface area contributed by atoms with Gasteiger partial charge in [0, 0.05) is 20.1 Å². The number of carbonyl (C=O) groups excluding carboxylic acids is 1. The number of hydrogen-bond donors (Lipinski definition) is 1. The lowest BCUT2D eigenvalue weighted by atomic mass is 9.95. The van der Waals surface area contributed by atoms with Crippen LogP contribution in [0.2, 0.25) is 0 Å². The maximum Gasteiger partial charge on any atom is 0.246 e. The van der Waals surface area contributed by atoms with Crippen molar-refractivity contribution >= 4 is 5.91 Å². The van der Waals surface area contributed by atoms with Crippen molar-refractivity contribution < 1.29 is 14.1 Å². The molecule has 1 fully saturated rings. The molecule has 1 amide bonds. The van der Waals surface area contributed by atoms with E-state index in [0.717, 1.165) is 19.3 Å². The Morgan fingerprint density at radius 3 is 3.00 bits per heavy atom. The SMILES string of the molecule is COC(C)c1noc(CN(C)C(=O)[C@@H]2CCC[C@@H]2CN)n1. The van der Waals surface area contributed by atoms with Gasteiger partial charge in [-0.1, -0.05) is 11.6 Å². The van der Waals surface area contributed by atoms with Gasteiger partial charge < -0.3 is 19.9 Å². The maximum absolute atomic E-state index is 12.5. The Morgan fingerprint density at radius 2 is 2.33 bits per heavy atom. The van der Waals surface area contributed by atoms with E-state index in [1.807, 2.05) is 6.92 Å². The molecule has 7 heteroatoms. The van der Waals surface area contributed by atoms with Crippen LogP contribution in [-0.4, -0.2) is 41.6 Å². The zero-order valence-electron chi connectivity index (χ0n) is 12.9. The van der Waals surface area contributed by atoms with Crippen molar-refractivity contribution in [2.75, 3.05) is 20.7 Å². The van der Waals surface area contributed by atoms with E-state index in [4.69, 9.17) is 15.0 Å². The normalized spacial score (nSPS) is 23.2. The van der Waals surface area contributed by atoms with Crippen LogP contribution < -0.4 is 5.73 Å². The lowest BCUT2D eigenvalue weighted by Gasteiger charge is -2.23. The number of aromatic nitrogens is 2. The summed E-state index contributed by atoms with van der Waals surface area (Å²) in [6, 6.07) is 0. The molecule has 0 saturated heterocycles. The summed E-state index contributed by atoms with van der Waals surface area (Å²) in [7, 11) is 3.35. The third-order valence-electron chi connectivity index (χ3n) is 4.23.